The molecule has 1 N–H and O–H groups in total. The summed E-state index contributed by atoms with van der Waals surface area (Å²) in [5, 5.41) is 3.04. The summed E-state index contributed by atoms with van der Waals surface area (Å²) in [7, 11) is 0. The number of rotatable bonds is 8. The van der Waals surface area contributed by atoms with Crippen LogP contribution in [0, 0.1) is 13.8 Å². The Labute approximate surface area is 174 Å². The molecule has 3 rings (SSSR count). The fourth-order valence-electron chi connectivity index (χ4n) is 3.49. The first-order valence-corrected chi connectivity index (χ1v) is 10.5. The topological polar surface area (TPSA) is 50.8 Å². The minimum atomic E-state index is -0.493. The first kappa shape index (κ1) is 21.3. The molecule has 0 spiro atoms. The van der Waals surface area contributed by atoms with Gasteiger partial charge in [0.15, 0.2) is 6.10 Å². The van der Waals surface area contributed by atoms with Gasteiger partial charge in [0.1, 0.15) is 5.75 Å². The SMILES string of the molecule is CCC(Oc1cccc(C)c1C)C(=O)NCc1cccc(CN2CCOCC2)c1. The smallest absolute Gasteiger partial charge is 0.261 e. The number of nitrogens with zero attached hydrogens (tertiary/aromatic N) is 1. The maximum atomic E-state index is 12.7. The van der Waals surface area contributed by atoms with Gasteiger partial charge in [0.05, 0.1) is 13.2 Å². The van der Waals surface area contributed by atoms with Crippen molar-refractivity contribution in [2.24, 2.45) is 0 Å². The average Bonchev–Trinajstić information content (AvgIpc) is 2.74. The van der Waals surface area contributed by atoms with Crippen LogP contribution in [0.25, 0.3) is 0 Å². The Bertz CT molecular complexity index is 816. The van der Waals surface area contributed by atoms with Gasteiger partial charge in [0.25, 0.3) is 5.91 Å². The van der Waals surface area contributed by atoms with Gasteiger partial charge in [-0.1, -0.05) is 43.3 Å². The van der Waals surface area contributed by atoms with E-state index in [-0.39, 0.29) is 5.91 Å². The fraction of sp³-hybridized carbons (Fsp3) is 0.458. The molecule has 29 heavy (non-hydrogen) atoms. The lowest BCUT2D eigenvalue weighted by Crippen LogP contribution is -2.37. The Morgan fingerprint density at radius 1 is 1.14 bits per heavy atom. The molecule has 2 aromatic carbocycles. The third-order valence-electron chi connectivity index (χ3n) is 5.46. The summed E-state index contributed by atoms with van der Waals surface area (Å²) in [6.07, 6.45) is 0.128. The van der Waals surface area contributed by atoms with E-state index in [2.05, 4.69) is 34.5 Å². The molecule has 1 fully saturated rings. The van der Waals surface area contributed by atoms with E-state index < -0.39 is 6.10 Å². The van der Waals surface area contributed by atoms with E-state index in [0.29, 0.717) is 13.0 Å². The highest BCUT2D eigenvalue weighted by Gasteiger charge is 2.19. The van der Waals surface area contributed by atoms with Crippen LogP contribution in [0.4, 0.5) is 0 Å². The van der Waals surface area contributed by atoms with Gasteiger partial charge in [-0.3, -0.25) is 9.69 Å². The van der Waals surface area contributed by atoms with Crippen LogP contribution in [0.3, 0.4) is 0 Å². The van der Waals surface area contributed by atoms with Gasteiger partial charge >= 0.3 is 0 Å². The van der Waals surface area contributed by atoms with Gasteiger partial charge in [-0.05, 0) is 48.6 Å². The monoisotopic (exact) mass is 396 g/mol. The van der Waals surface area contributed by atoms with Crippen LogP contribution in [-0.4, -0.2) is 43.2 Å². The Hall–Kier alpha value is -2.37. The van der Waals surface area contributed by atoms with Gasteiger partial charge < -0.3 is 14.8 Å². The summed E-state index contributed by atoms with van der Waals surface area (Å²) in [6.45, 7) is 11.0. The van der Waals surface area contributed by atoms with Crippen LogP contribution in [0.5, 0.6) is 5.75 Å². The second-order valence-corrected chi connectivity index (χ2v) is 7.64. The largest absolute Gasteiger partial charge is 0.480 e. The Morgan fingerprint density at radius 3 is 2.62 bits per heavy atom. The summed E-state index contributed by atoms with van der Waals surface area (Å²) in [4.78, 5) is 15.1. The standard InChI is InChI=1S/C24H32N2O3/c1-4-22(29-23-10-5-7-18(2)19(23)3)24(27)25-16-20-8-6-9-21(15-20)17-26-11-13-28-14-12-26/h5-10,15,22H,4,11-14,16-17H2,1-3H3,(H,25,27). The van der Waals surface area contributed by atoms with Crippen molar-refractivity contribution < 1.29 is 14.3 Å². The van der Waals surface area contributed by atoms with Crippen molar-refractivity contribution >= 4 is 5.91 Å². The predicted octanol–water partition coefficient (Wildman–Crippen LogP) is 3.61. The van der Waals surface area contributed by atoms with Crippen molar-refractivity contribution in [3.8, 4) is 5.75 Å². The maximum absolute atomic E-state index is 12.7. The zero-order valence-electron chi connectivity index (χ0n) is 17.7. The molecule has 1 amide bonds. The third kappa shape index (κ3) is 6.05. The van der Waals surface area contributed by atoms with Gasteiger partial charge in [0.2, 0.25) is 0 Å². The van der Waals surface area contributed by atoms with Crippen LogP contribution in [0.1, 0.15) is 35.6 Å². The normalized spacial score (nSPS) is 15.7. The summed E-state index contributed by atoms with van der Waals surface area (Å²) in [5.74, 6) is 0.700. The molecule has 156 valence electrons. The molecule has 5 heteroatoms. The first-order valence-electron chi connectivity index (χ1n) is 10.5. The molecule has 0 bridgehead atoms. The molecule has 0 radical (unpaired) electrons. The molecule has 0 saturated carbocycles. The van der Waals surface area contributed by atoms with Crippen molar-refractivity contribution in [2.45, 2.75) is 46.4 Å². The predicted molar refractivity (Wildman–Crippen MR) is 115 cm³/mol. The van der Waals surface area contributed by atoms with Gasteiger partial charge in [-0.25, -0.2) is 0 Å². The minimum Gasteiger partial charge on any atom is -0.480 e. The second-order valence-electron chi connectivity index (χ2n) is 7.64. The van der Waals surface area contributed by atoms with Crippen molar-refractivity contribution in [3.63, 3.8) is 0 Å². The molecule has 0 aromatic heterocycles. The van der Waals surface area contributed by atoms with Crippen molar-refractivity contribution in [1.82, 2.24) is 10.2 Å². The third-order valence-corrected chi connectivity index (χ3v) is 5.46. The molecule has 0 aliphatic carbocycles. The molecule has 1 unspecified atom stereocenters. The van der Waals surface area contributed by atoms with Crippen LogP contribution < -0.4 is 10.1 Å². The maximum Gasteiger partial charge on any atom is 0.261 e. The first-order chi connectivity index (χ1) is 14.1. The number of nitrogens with one attached hydrogen (secondary N) is 1. The summed E-state index contributed by atoms with van der Waals surface area (Å²) >= 11 is 0. The zero-order valence-corrected chi connectivity index (χ0v) is 17.7. The summed E-state index contributed by atoms with van der Waals surface area (Å²) in [5.41, 5.74) is 4.60. The number of carbonyl (C=O) groups excluding carboxylic acids is 1. The van der Waals surface area contributed by atoms with E-state index in [4.69, 9.17) is 9.47 Å². The Morgan fingerprint density at radius 2 is 1.86 bits per heavy atom. The van der Waals surface area contributed by atoms with E-state index >= 15 is 0 Å². The van der Waals surface area contributed by atoms with Crippen LogP contribution >= 0.6 is 0 Å². The van der Waals surface area contributed by atoms with E-state index in [9.17, 15) is 4.79 Å². The lowest BCUT2D eigenvalue weighted by atomic mass is 10.1. The second kappa shape index (κ2) is 10.4. The van der Waals surface area contributed by atoms with Crippen molar-refractivity contribution in [3.05, 3.63) is 64.7 Å². The number of benzene rings is 2. The quantitative estimate of drug-likeness (QED) is 0.741. The Balaban J connectivity index is 1.56. The molecular weight excluding hydrogens is 364 g/mol. The molecule has 1 heterocycles. The van der Waals surface area contributed by atoms with Gasteiger partial charge in [-0.2, -0.15) is 0 Å². The average molecular weight is 397 g/mol. The fourth-order valence-corrected chi connectivity index (χ4v) is 3.49. The summed E-state index contributed by atoms with van der Waals surface area (Å²) in [6, 6.07) is 14.3. The van der Waals surface area contributed by atoms with Gasteiger partial charge in [-0.15, -0.1) is 0 Å². The molecule has 1 atom stereocenters. The molecule has 2 aromatic rings. The van der Waals surface area contributed by atoms with Crippen LogP contribution in [0.2, 0.25) is 0 Å². The minimum absolute atomic E-state index is 0.0769. The highest BCUT2D eigenvalue weighted by molar-refractivity contribution is 5.81. The molecule has 1 saturated heterocycles. The molecular formula is C24H32N2O3. The van der Waals surface area contributed by atoms with Gasteiger partial charge in [0, 0.05) is 26.2 Å². The van der Waals surface area contributed by atoms with Crippen LogP contribution in [-0.2, 0) is 22.6 Å². The highest BCUT2D eigenvalue weighted by atomic mass is 16.5. The lowest BCUT2D eigenvalue weighted by Gasteiger charge is -2.26. The number of morpholine rings is 1. The number of hydrogen-bond donors (Lipinski definition) is 1. The summed E-state index contributed by atoms with van der Waals surface area (Å²) < 4.78 is 11.4. The number of amides is 1. The van der Waals surface area contributed by atoms with E-state index in [0.717, 1.165) is 55.3 Å². The zero-order chi connectivity index (χ0) is 20.6. The van der Waals surface area contributed by atoms with Crippen LogP contribution in [0.15, 0.2) is 42.5 Å². The number of aryl methyl sites for hydroxylation is 1. The Kier molecular flexibility index (Phi) is 7.67. The number of carbonyl (C=O) groups is 1. The lowest BCUT2D eigenvalue weighted by molar-refractivity contribution is -0.128. The van der Waals surface area contributed by atoms with Crippen molar-refractivity contribution in [2.75, 3.05) is 26.3 Å². The highest BCUT2D eigenvalue weighted by Crippen LogP contribution is 2.22. The number of hydrogen-bond acceptors (Lipinski definition) is 4. The van der Waals surface area contributed by atoms with E-state index in [1.165, 1.54) is 5.56 Å². The van der Waals surface area contributed by atoms with Crippen molar-refractivity contribution in [1.29, 1.82) is 0 Å². The molecule has 1 aliphatic rings. The van der Waals surface area contributed by atoms with E-state index in [1.54, 1.807) is 0 Å². The molecule has 1 aliphatic heterocycles. The number of ether oxygens (including phenoxy) is 2. The van der Waals surface area contributed by atoms with E-state index in [1.807, 2.05) is 39.0 Å². The molecule has 5 nitrogen and oxygen atoms in total.